The number of hydrogen-bond donors (Lipinski definition) is 3. The molecule has 0 atom stereocenters. The van der Waals surface area contributed by atoms with Crippen molar-refractivity contribution < 1.29 is 9.90 Å². The number of carboxylic acid groups (broad SMARTS) is 1. The van der Waals surface area contributed by atoms with E-state index in [1.165, 1.54) is 12.3 Å². The van der Waals surface area contributed by atoms with Crippen molar-refractivity contribution in [3.63, 3.8) is 0 Å². The van der Waals surface area contributed by atoms with E-state index in [1.807, 2.05) is 0 Å². The normalized spacial score (nSPS) is 10.3. The summed E-state index contributed by atoms with van der Waals surface area (Å²) >= 11 is 0. The zero-order valence-corrected chi connectivity index (χ0v) is 10.2. The Kier molecular flexibility index (Phi) is 3.91. The topological polar surface area (TPSA) is 119 Å². The fourth-order valence-electron chi connectivity index (χ4n) is 1.60. The van der Waals surface area contributed by atoms with Gasteiger partial charge in [-0.05, 0) is 12.5 Å². The van der Waals surface area contributed by atoms with Crippen LogP contribution in [0.1, 0.15) is 16.8 Å². The van der Waals surface area contributed by atoms with Gasteiger partial charge in [-0.1, -0.05) is 5.21 Å². The van der Waals surface area contributed by atoms with Crippen molar-refractivity contribution in [1.29, 1.82) is 0 Å². The zero-order chi connectivity index (χ0) is 13.7. The highest BCUT2D eigenvalue weighted by Gasteiger charge is 2.11. The number of carboxylic acids is 1. The molecular formula is C11H14N6O2. The van der Waals surface area contributed by atoms with Crippen LogP contribution in [0.5, 0.6) is 0 Å². The minimum absolute atomic E-state index is 0.0498. The van der Waals surface area contributed by atoms with Gasteiger partial charge in [0.1, 0.15) is 5.82 Å². The van der Waals surface area contributed by atoms with Crippen LogP contribution in [-0.2, 0) is 6.54 Å². The molecule has 0 aliphatic heterocycles. The summed E-state index contributed by atoms with van der Waals surface area (Å²) in [6, 6.07) is 1.37. The quantitative estimate of drug-likeness (QED) is 0.647. The highest BCUT2D eigenvalue weighted by Crippen LogP contribution is 2.19. The Morgan fingerprint density at radius 1 is 1.47 bits per heavy atom. The Balaban J connectivity index is 1.89. The van der Waals surface area contributed by atoms with Gasteiger partial charge in [-0.2, -0.15) is 0 Å². The minimum atomic E-state index is -1.06. The number of hydrogen-bond acceptors (Lipinski definition) is 6. The van der Waals surface area contributed by atoms with Gasteiger partial charge in [0.15, 0.2) is 0 Å². The molecule has 0 amide bonds. The molecule has 100 valence electrons. The number of aromatic carboxylic acids is 1. The fraction of sp³-hybridized carbons (Fsp3) is 0.273. The van der Waals surface area contributed by atoms with Crippen LogP contribution in [0.25, 0.3) is 0 Å². The van der Waals surface area contributed by atoms with Crippen molar-refractivity contribution in [2.24, 2.45) is 0 Å². The Morgan fingerprint density at radius 3 is 3.00 bits per heavy atom. The maximum atomic E-state index is 10.9. The maximum Gasteiger partial charge on any atom is 0.337 e. The number of nitrogen functional groups attached to an aromatic ring is 1. The predicted octanol–water partition coefficient (Wildman–Crippen LogP) is 0.456. The molecule has 0 bridgehead atoms. The Bertz CT molecular complexity index is 554. The van der Waals surface area contributed by atoms with Crippen LogP contribution in [0.3, 0.4) is 0 Å². The lowest BCUT2D eigenvalue weighted by Crippen LogP contribution is -2.12. The summed E-state index contributed by atoms with van der Waals surface area (Å²) in [6.45, 7) is 1.33. The largest absolute Gasteiger partial charge is 0.478 e. The molecule has 0 saturated carbocycles. The molecule has 8 nitrogen and oxygen atoms in total. The third-order valence-corrected chi connectivity index (χ3v) is 2.55. The van der Waals surface area contributed by atoms with Gasteiger partial charge in [-0.15, -0.1) is 5.10 Å². The van der Waals surface area contributed by atoms with Crippen LogP contribution in [0.4, 0.5) is 11.5 Å². The number of nitrogens with one attached hydrogen (secondary N) is 1. The zero-order valence-electron chi connectivity index (χ0n) is 10.2. The molecule has 2 aromatic heterocycles. The van der Waals surface area contributed by atoms with Gasteiger partial charge in [-0.3, -0.25) is 4.68 Å². The maximum absolute atomic E-state index is 10.9. The average Bonchev–Trinajstić information content (AvgIpc) is 2.89. The van der Waals surface area contributed by atoms with Gasteiger partial charge in [0.2, 0.25) is 0 Å². The Morgan fingerprint density at radius 2 is 2.32 bits per heavy atom. The number of rotatable bonds is 6. The predicted molar refractivity (Wildman–Crippen MR) is 68.7 cm³/mol. The highest BCUT2D eigenvalue weighted by atomic mass is 16.4. The molecule has 19 heavy (non-hydrogen) atoms. The standard InChI is InChI=1S/C11H14N6O2/c12-9-8(11(18)19)2-4-14-10(9)13-3-1-6-17-7-5-15-16-17/h2,4-5,7H,1,3,6,12H2,(H,13,14)(H,18,19). The van der Waals surface area contributed by atoms with Crippen molar-refractivity contribution in [2.45, 2.75) is 13.0 Å². The third kappa shape index (κ3) is 3.18. The second-order valence-electron chi connectivity index (χ2n) is 3.87. The van der Waals surface area contributed by atoms with E-state index >= 15 is 0 Å². The van der Waals surface area contributed by atoms with Crippen LogP contribution in [-0.4, -0.2) is 37.6 Å². The molecule has 4 N–H and O–H groups in total. The van der Waals surface area contributed by atoms with Crippen molar-refractivity contribution in [3.05, 3.63) is 30.2 Å². The van der Waals surface area contributed by atoms with Crippen molar-refractivity contribution in [1.82, 2.24) is 20.0 Å². The number of carbonyl (C=O) groups is 1. The number of nitrogens with zero attached hydrogens (tertiary/aromatic N) is 4. The monoisotopic (exact) mass is 262 g/mol. The van der Waals surface area contributed by atoms with Gasteiger partial charge in [-0.25, -0.2) is 9.78 Å². The van der Waals surface area contributed by atoms with E-state index in [1.54, 1.807) is 17.1 Å². The molecule has 0 unspecified atom stereocenters. The van der Waals surface area contributed by atoms with E-state index in [-0.39, 0.29) is 11.3 Å². The minimum Gasteiger partial charge on any atom is -0.478 e. The van der Waals surface area contributed by atoms with E-state index in [4.69, 9.17) is 10.8 Å². The van der Waals surface area contributed by atoms with E-state index in [0.29, 0.717) is 18.9 Å². The van der Waals surface area contributed by atoms with Crippen LogP contribution in [0.2, 0.25) is 0 Å². The Hall–Kier alpha value is -2.64. The summed E-state index contributed by atoms with van der Waals surface area (Å²) < 4.78 is 1.71. The summed E-state index contributed by atoms with van der Waals surface area (Å²) in [7, 11) is 0. The lowest BCUT2D eigenvalue weighted by Gasteiger charge is -2.09. The summed E-state index contributed by atoms with van der Waals surface area (Å²) in [5.74, 6) is -0.677. The average molecular weight is 262 g/mol. The van der Waals surface area contributed by atoms with Crippen LogP contribution >= 0.6 is 0 Å². The molecule has 0 radical (unpaired) electrons. The number of aryl methyl sites for hydroxylation is 1. The molecule has 0 fully saturated rings. The van der Waals surface area contributed by atoms with Crippen molar-refractivity contribution in [3.8, 4) is 0 Å². The van der Waals surface area contributed by atoms with E-state index in [0.717, 1.165) is 6.42 Å². The Labute approximate surface area is 109 Å². The molecule has 2 heterocycles. The van der Waals surface area contributed by atoms with Crippen molar-refractivity contribution in [2.75, 3.05) is 17.6 Å². The summed E-state index contributed by atoms with van der Waals surface area (Å²) in [5.41, 5.74) is 5.93. The molecule has 8 heteroatoms. The van der Waals surface area contributed by atoms with E-state index in [9.17, 15) is 4.79 Å². The summed E-state index contributed by atoms with van der Waals surface area (Å²) in [4.78, 5) is 14.9. The van der Waals surface area contributed by atoms with Gasteiger partial charge >= 0.3 is 5.97 Å². The van der Waals surface area contributed by atoms with Gasteiger partial charge in [0.25, 0.3) is 0 Å². The molecular weight excluding hydrogens is 248 g/mol. The summed E-state index contributed by atoms with van der Waals surface area (Å²) in [5, 5.41) is 19.5. The number of pyridine rings is 1. The van der Waals surface area contributed by atoms with Crippen LogP contribution < -0.4 is 11.1 Å². The van der Waals surface area contributed by atoms with Crippen molar-refractivity contribution >= 4 is 17.5 Å². The number of anilines is 2. The van der Waals surface area contributed by atoms with E-state index < -0.39 is 5.97 Å². The molecule has 0 aliphatic rings. The molecule has 0 spiro atoms. The first kappa shape index (κ1) is 12.8. The van der Waals surface area contributed by atoms with Gasteiger partial charge in [0.05, 0.1) is 17.4 Å². The molecule has 0 saturated heterocycles. The lowest BCUT2D eigenvalue weighted by molar-refractivity contribution is 0.0698. The highest BCUT2D eigenvalue weighted by molar-refractivity contribution is 5.96. The summed E-state index contributed by atoms with van der Waals surface area (Å²) in [6.07, 6.45) is 5.60. The van der Waals surface area contributed by atoms with Crippen LogP contribution in [0.15, 0.2) is 24.7 Å². The van der Waals surface area contributed by atoms with Gasteiger partial charge < -0.3 is 16.2 Å². The molecule has 2 aromatic rings. The fourth-order valence-corrected chi connectivity index (χ4v) is 1.60. The number of nitrogens with two attached hydrogens (primary N) is 1. The van der Waals surface area contributed by atoms with E-state index in [2.05, 4.69) is 20.6 Å². The number of aromatic nitrogens is 4. The third-order valence-electron chi connectivity index (χ3n) is 2.55. The smallest absolute Gasteiger partial charge is 0.337 e. The molecule has 0 aromatic carbocycles. The lowest BCUT2D eigenvalue weighted by atomic mass is 10.2. The molecule has 0 aliphatic carbocycles. The first-order valence-electron chi connectivity index (χ1n) is 5.74. The first-order valence-corrected chi connectivity index (χ1v) is 5.74. The van der Waals surface area contributed by atoms with Crippen LogP contribution in [0, 0.1) is 0 Å². The molecule has 2 rings (SSSR count). The second kappa shape index (κ2) is 5.80. The van der Waals surface area contributed by atoms with Gasteiger partial charge in [0, 0.05) is 25.5 Å². The first-order chi connectivity index (χ1) is 9.18. The SMILES string of the molecule is Nc1c(C(=O)O)ccnc1NCCCn1ccnn1. The second-order valence-corrected chi connectivity index (χ2v) is 3.87.